The van der Waals surface area contributed by atoms with E-state index in [-0.39, 0.29) is 10.9 Å². The van der Waals surface area contributed by atoms with Crippen LogP contribution < -0.4 is 0 Å². The van der Waals surface area contributed by atoms with Gasteiger partial charge in [0.2, 0.25) is 0 Å². The van der Waals surface area contributed by atoms with E-state index in [1.165, 1.54) is 13.2 Å². The van der Waals surface area contributed by atoms with Crippen LogP contribution in [-0.4, -0.2) is 23.2 Å². The molecule has 0 aliphatic carbocycles. The van der Waals surface area contributed by atoms with Gasteiger partial charge in [-0.3, -0.25) is 0 Å². The zero-order valence-corrected chi connectivity index (χ0v) is 14.3. The molecule has 0 bridgehead atoms. The summed E-state index contributed by atoms with van der Waals surface area (Å²) in [4.78, 5) is 15.9. The van der Waals surface area contributed by atoms with Crippen LogP contribution in [0.3, 0.4) is 0 Å². The van der Waals surface area contributed by atoms with E-state index in [9.17, 15) is 14.3 Å². The minimum absolute atomic E-state index is 0.180. The molecule has 1 unspecified atom stereocenters. The molecule has 1 aromatic heterocycles. The topological polar surface area (TPSA) is 59.4 Å². The molecule has 4 nitrogen and oxygen atoms in total. The Morgan fingerprint density at radius 3 is 2.39 bits per heavy atom. The highest BCUT2D eigenvalue weighted by atomic mass is 19.1. The van der Waals surface area contributed by atoms with E-state index in [0.717, 1.165) is 5.56 Å². The minimum atomic E-state index is -1.16. The summed E-state index contributed by atoms with van der Waals surface area (Å²) in [6.07, 6.45) is -1.16. The van der Waals surface area contributed by atoms with Gasteiger partial charge in [0, 0.05) is 23.8 Å². The third-order valence-corrected chi connectivity index (χ3v) is 4.17. The predicted octanol–water partition coefficient (Wildman–Crippen LogP) is 4.06. The number of aromatic nitrogens is 1. The number of nitrogens with zero attached hydrogens (tertiary/aromatic N) is 1. The molecular formula is C18H22FNO3. The quantitative estimate of drug-likeness (QED) is 0.927. The molecule has 124 valence electrons. The first kappa shape index (κ1) is 17.3. The monoisotopic (exact) mass is 319 g/mol. The summed E-state index contributed by atoms with van der Waals surface area (Å²) in [5.74, 6) is -1.55. The number of halogens is 1. The number of benzene rings is 1. The smallest absolute Gasteiger partial charge is 0.337 e. The highest BCUT2D eigenvalue weighted by Gasteiger charge is 2.27. The van der Waals surface area contributed by atoms with Gasteiger partial charge in [-0.2, -0.15) is 0 Å². The van der Waals surface area contributed by atoms with Crippen LogP contribution >= 0.6 is 0 Å². The van der Waals surface area contributed by atoms with Gasteiger partial charge in [-0.1, -0.05) is 20.8 Å². The van der Waals surface area contributed by atoms with Crippen molar-refractivity contribution < 1.29 is 19.0 Å². The number of ether oxygens (including phenoxy) is 1. The Labute approximate surface area is 135 Å². The maximum absolute atomic E-state index is 14.6. The molecule has 0 aliphatic heterocycles. The van der Waals surface area contributed by atoms with Crippen molar-refractivity contribution in [3.8, 4) is 0 Å². The van der Waals surface area contributed by atoms with Crippen LogP contribution in [0.15, 0.2) is 12.1 Å². The number of aliphatic carboxylic acids is 1. The molecule has 0 saturated carbocycles. The fourth-order valence-electron chi connectivity index (χ4n) is 2.68. The van der Waals surface area contributed by atoms with E-state index >= 15 is 0 Å². The third kappa shape index (κ3) is 3.06. The Kier molecular flexibility index (Phi) is 4.44. The first-order chi connectivity index (χ1) is 10.6. The summed E-state index contributed by atoms with van der Waals surface area (Å²) in [5.41, 5.74) is 2.47. The van der Waals surface area contributed by atoms with E-state index in [1.54, 1.807) is 13.8 Å². The maximum atomic E-state index is 14.6. The second kappa shape index (κ2) is 5.89. The normalized spacial score (nSPS) is 13.3. The zero-order chi connectivity index (χ0) is 17.5. The van der Waals surface area contributed by atoms with Gasteiger partial charge in [-0.15, -0.1) is 0 Å². The lowest BCUT2D eigenvalue weighted by atomic mass is 9.84. The van der Waals surface area contributed by atoms with E-state index in [0.29, 0.717) is 22.2 Å². The molecule has 0 radical (unpaired) electrons. The number of pyridine rings is 1. The second-order valence-electron chi connectivity index (χ2n) is 6.79. The number of fused-ring (bicyclic) bond motifs is 1. The lowest BCUT2D eigenvalue weighted by Gasteiger charge is -2.23. The van der Waals surface area contributed by atoms with Crippen LogP contribution in [0.4, 0.5) is 4.39 Å². The molecule has 0 aliphatic rings. The molecule has 0 saturated heterocycles. The molecule has 5 heteroatoms. The van der Waals surface area contributed by atoms with Crippen LogP contribution in [0.25, 0.3) is 10.9 Å². The number of carboxylic acids is 1. The Morgan fingerprint density at radius 1 is 1.30 bits per heavy atom. The predicted molar refractivity (Wildman–Crippen MR) is 87.3 cm³/mol. The van der Waals surface area contributed by atoms with Gasteiger partial charge in [0.1, 0.15) is 11.3 Å². The minimum Gasteiger partial charge on any atom is -0.479 e. The molecule has 0 spiro atoms. The maximum Gasteiger partial charge on any atom is 0.337 e. The van der Waals surface area contributed by atoms with Gasteiger partial charge in [0.25, 0.3) is 0 Å². The molecule has 2 aromatic rings. The van der Waals surface area contributed by atoms with Crippen LogP contribution in [-0.2, 0) is 14.9 Å². The number of carbonyl (C=O) groups is 1. The van der Waals surface area contributed by atoms with Crippen molar-refractivity contribution in [3.63, 3.8) is 0 Å². The van der Waals surface area contributed by atoms with E-state index in [4.69, 9.17) is 4.74 Å². The van der Waals surface area contributed by atoms with Crippen molar-refractivity contribution >= 4 is 16.9 Å². The van der Waals surface area contributed by atoms with Crippen molar-refractivity contribution in [2.45, 2.75) is 46.1 Å². The first-order valence-corrected chi connectivity index (χ1v) is 7.44. The lowest BCUT2D eigenvalue weighted by Crippen LogP contribution is -2.17. The fraction of sp³-hybridized carbons (Fsp3) is 0.444. The summed E-state index contributed by atoms with van der Waals surface area (Å²) in [6, 6.07) is 3.29. The van der Waals surface area contributed by atoms with Gasteiger partial charge in [0.15, 0.2) is 6.10 Å². The first-order valence-electron chi connectivity index (χ1n) is 7.44. The van der Waals surface area contributed by atoms with Crippen LogP contribution in [0, 0.1) is 19.7 Å². The van der Waals surface area contributed by atoms with Crippen LogP contribution in [0.2, 0.25) is 0 Å². The molecular weight excluding hydrogens is 297 g/mol. The largest absolute Gasteiger partial charge is 0.479 e. The zero-order valence-electron chi connectivity index (χ0n) is 14.3. The van der Waals surface area contributed by atoms with E-state index in [2.05, 4.69) is 4.98 Å². The number of rotatable bonds is 3. The summed E-state index contributed by atoms with van der Waals surface area (Å²) >= 11 is 0. The molecule has 1 N–H and O–H groups in total. The summed E-state index contributed by atoms with van der Waals surface area (Å²) in [7, 11) is 1.34. The van der Waals surface area contributed by atoms with E-state index in [1.807, 2.05) is 26.8 Å². The molecule has 1 atom stereocenters. The standard InChI is InChI=1S/C18H22FNO3/c1-9-10(2)20-15-12(14(9)16(23-6)17(21)22)7-11(8-13(15)19)18(3,4)5/h7-8,16H,1-6H3,(H,21,22). The van der Waals surface area contributed by atoms with Crippen molar-refractivity contribution in [1.29, 1.82) is 0 Å². The van der Waals surface area contributed by atoms with Crippen LogP contribution in [0.5, 0.6) is 0 Å². The average molecular weight is 319 g/mol. The SMILES string of the molecule is COC(C(=O)O)c1c(C)c(C)nc2c(F)cc(C(C)(C)C)cc12. The van der Waals surface area contributed by atoms with Gasteiger partial charge in [-0.05, 0) is 42.5 Å². The van der Waals surface area contributed by atoms with Crippen molar-refractivity contribution in [2.24, 2.45) is 0 Å². The highest BCUT2D eigenvalue weighted by molar-refractivity contribution is 5.90. The molecule has 2 rings (SSSR count). The number of hydrogen-bond donors (Lipinski definition) is 1. The Balaban J connectivity index is 2.95. The van der Waals surface area contributed by atoms with Gasteiger partial charge >= 0.3 is 5.97 Å². The van der Waals surface area contributed by atoms with Crippen molar-refractivity contribution in [2.75, 3.05) is 7.11 Å². The summed E-state index contributed by atoms with van der Waals surface area (Å²) in [6.45, 7) is 9.46. The van der Waals surface area contributed by atoms with Crippen molar-refractivity contribution in [1.82, 2.24) is 4.98 Å². The van der Waals surface area contributed by atoms with Crippen LogP contribution in [0.1, 0.15) is 49.3 Å². The molecule has 0 amide bonds. The average Bonchev–Trinajstić information content (AvgIpc) is 2.43. The van der Waals surface area contributed by atoms with Crippen molar-refractivity contribution in [3.05, 3.63) is 40.3 Å². The van der Waals surface area contributed by atoms with Gasteiger partial charge < -0.3 is 9.84 Å². The Morgan fingerprint density at radius 2 is 1.91 bits per heavy atom. The highest BCUT2D eigenvalue weighted by Crippen LogP contribution is 2.35. The molecule has 1 heterocycles. The summed E-state index contributed by atoms with van der Waals surface area (Å²) in [5, 5.41) is 9.95. The third-order valence-electron chi connectivity index (χ3n) is 4.17. The van der Waals surface area contributed by atoms with Gasteiger partial charge in [-0.25, -0.2) is 14.2 Å². The van der Waals surface area contributed by atoms with Gasteiger partial charge in [0.05, 0.1) is 0 Å². The second-order valence-corrected chi connectivity index (χ2v) is 6.79. The summed E-state index contributed by atoms with van der Waals surface area (Å²) < 4.78 is 19.7. The Hall–Kier alpha value is -2.01. The molecule has 1 aromatic carbocycles. The number of aryl methyl sites for hydroxylation is 1. The Bertz CT molecular complexity index is 778. The molecule has 0 fully saturated rings. The number of carboxylic acid groups (broad SMARTS) is 1. The molecule has 23 heavy (non-hydrogen) atoms. The number of hydrogen-bond acceptors (Lipinski definition) is 3. The van der Waals surface area contributed by atoms with E-state index < -0.39 is 17.9 Å². The lowest BCUT2D eigenvalue weighted by molar-refractivity contribution is -0.148. The number of methoxy groups -OCH3 is 1. The fourth-order valence-corrected chi connectivity index (χ4v) is 2.68.